The molecular formula is C16H15BrClFO. The van der Waals surface area contributed by atoms with Crippen molar-refractivity contribution in [2.75, 3.05) is 13.7 Å². The lowest BCUT2D eigenvalue weighted by molar-refractivity contribution is 0.202. The van der Waals surface area contributed by atoms with E-state index in [1.807, 2.05) is 18.2 Å². The van der Waals surface area contributed by atoms with Gasteiger partial charge in [-0.3, -0.25) is 0 Å². The third-order valence-electron chi connectivity index (χ3n) is 3.12. The second-order valence-corrected chi connectivity index (χ2v) is 5.78. The molecular weight excluding hydrogens is 343 g/mol. The molecule has 0 bridgehead atoms. The molecule has 2 aromatic carbocycles. The van der Waals surface area contributed by atoms with Crippen LogP contribution in [0.4, 0.5) is 4.39 Å². The summed E-state index contributed by atoms with van der Waals surface area (Å²) >= 11 is 9.60. The molecule has 0 aliphatic carbocycles. The molecule has 0 amide bonds. The topological polar surface area (TPSA) is 9.23 Å². The van der Waals surface area contributed by atoms with Gasteiger partial charge >= 0.3 is 0 Å². The van der Waals surface area contributed by atoms with Crippen molar-refractivity contribution in [3.8, 4) is 0 Å². The summed E-state index contributed by atoms with van der Waals surface area (Å²) < 4.78 is 18.5. The van der Waals surface area contributed by atoms with Gasteiger partial charge in [-0.05, 0) is 29.2 Å². The Kier molecular flexibility index (Phi) is 5.58. The predicted molar refractivity (Wildman–Crippen MR) is 84.2 cm³/mol. The van der Waals surface area contributed by atoms with Gasteiger partial charge in [0, 0.05) is 7.11 Å². The van der Waals surface area contributed by atoms with Crippen LogP contribution in [-0.2, 0) is 11.2 Å². The fourth-order valence-corrected chi connectivity index (χ4v) is 3.02. The Balaban J connectivity index is 2.20. The van der Waals surface area contributed by atoms with Crippen LogP contribution in [0.15, 0.2) is 42.5 Å². The first kappa shape index (κ1) is 15.5. The molecule has 1 atom stereocenters. The quantitative estimate of drug-likeness (QED) is 0.672. The van der Waals surface area contributed by atoms with Crippen molar-refractivity contribution in [3.63, 3.8) is 0 Å². The summed E-state index contributed by atoms with van der Waals surface area (Å²) in [6.45, 7) is 0.701. The second kappa shape index (κ2) is 7.21. The zero-order chi connectivity index (χ0) is 14.5. The molecule has 2 aromatic rings. The summed E-state index contributed by atoms with van der Waals surface area (Å²) in [5.41, 5.74) is 2.98. The summed E-state index contributed by atoms with van der Waals surface area (Å²) in [7, 11) is 1.69. The average Bonchev–Trinajstić information content (AvgIpc) is 2.48. The number of alkyl halides is 1. The Morgan fingerprint density at radius 3 is 2.55 bits per heavy atom. The number of rotatable bonds is 5. The van der Waals surface area contributed by atoms with Gasteiger partial charge < -0.3 is 4.74 Å². The lowest BCUT2D eigenvalue weighted by Gasteiger charge is -2.13. The number of hydrogen-bond acceptors (Lipinski definition) is 1. The van der Waals surface area contributed by atoms with E-state index in [1.165, 1.54) is 11.6 Å². The van der Waals surface area contributed by atoms with Gasteiger partial charge in [-0.2, -0.15) is 0 Å². The van der Waals surface area contributed by atoms with E-state index in [0.29, 0.717) is 6.61 Å². The van der Waals surface area contributed by atoms with Gasteiger partial charge in [-0.1, -0.05) is 63.9 Å². The molecule has 1 unspecified atom stereocenters. The highest BCUT2D eigenvalue weighted by Gasteiger charge is 2.15. The monoisotopic (exact) mass is 356 g/mol. The molecule has 0 aromatic heterocycles. The van der Waals surface area contributed by atoms with Crippen LogP contribution in [0.3, 0.4) is 0 Å². The van der Waals surface area contributed by atoms with E-state index in [9.17, 15) is 4.39 Å². The van der Waals surface area contributed by atoms with Gasteiger partial charge in [0.05, 0.1) is 16.5 Å². The van der Waals surface area contributed by atoms with Crippen LogP contribution in [0.2, 0.25) is 5.02 Å². The maximum Gasteiger partial charge on any atom is 0.142 e. The largest absolute Gasteiger partial charge is 0.384 e. The van der Waals surface area contributed by atoms with Gasteiger partial charge in [0.1, 0.15) is 5.82 Å². The van der Waals surface area contributed by atoms with E-state index in [1.54, 1.807) is 13.2 Å². The molecule has 0 radical (unpaired) electrons. The van der Waals surface area contributed by atoms with E-state index in [4.69, 9.17) is 16.3 Å². The fraction of sp³-hybridized carbons (Fsp3) is 0.250. The molecule has 0 heterocycles. The smallest absolute Gasteiger partial charge is 0.142 e. The molecule has 20 heavy (non-hydrogen) atoms. The molecule has 0 fully saturated rings. The van der Waals surface area contributed by atoms with Crippen LogP contribution in [-0.4, -0.2) is 13.7 Å². The molecule has 0 N–H and O–H groups in total. The number of hydrogen-bond donors (Lipinski definition) is 0. The summed E-state index contributed by atoms with van der Waals surface area (Å²) in [5.74, 6) is -0.398. The molecule has 0 spiro atoms. The number of ether oxygens (including phenoxy) is 1. The Labute approximate surface area is 131 Å². The van der Waals surface area contributed by atoms with Gasteiger partial charge in [0.15, 0.2) is 0 Å². The lowest BCUT2D eigenvalue weighted by atomic mass is 10.0. The zero-order valence-corrected chi connectivity index (χ0v) is 13.4. The molecule has 4 heteroatoms. The number of halogens is 3. The zero-order valence-electron chi connectivity index (χ0n) is 11.1. The molecule has 1 nitrogen and oxygen atoms in total. The Morgan fingerprint density at radius 1 is 1.20 bits per heavy atom. The van der Waals surface area contributed by atoms with E-state index < -0.39 is 5.82 Å². The SMILES string of the molecule is COCCc1ccc(C(Br)c2cccc(F)c2Cl)cc1. The summed E-state index contributed by atoms with van der Waals surface area (Å²) in [5, 5.41) is 0.165. The van der Waals surface area contributed by atoms with Crippen molar-refractivity contribution in [2.24, 2.45) is 0 Å². The van der Waals surface area contributed by atoms with Crippen LogP contribution in [0.1, 0.15) is 21.5 Å². The maximum atomic E-state index is 13.5. The molecule has 0 saturated heterocycles. The van der Waals surface area contributed by atoms with Crippen molar-refractivity contribution in [2.45, 2.75) is 11.2 Å². The van der Waals surface area contributed by atoms with Crippen LogP contribution >= 0.6 is 27.5 Å². The Morgan fingerprint density at radius 2 is 1.90 bits per heavy atom. The molecule has 2 rings (SSSR count). The fourth-order valence-electron chi connectivity index (χ4n) is 1.97. The van der Waals surface area contributed by atoms with Gasteiger partial charge in [0.25, 0.3) is 0 Å². The number of methoxy groups -OCH3 is 1. The van der Waals surface area contributed by atoms with Crippen molar-refractivity contribution in [1.29, 1.82) is 0 Å². The predicted octanol–water partition coefficient (Wildman–Crippen LogP) is 5.15. The second-order valence-electron chi connectivity index (χ2n) is 4.49. The van der Waals surface area contributed by atoms with Gasteiger partial charge in [-0.25, -0.2) is 4.39 Å². The Hall–Kier alpha value is -0.900. The van der Waals surface area contributed by atoms with E-state index in [-0.39, 0.29) is 9.85 Å². The Bertz CT molecular complexity index is 571. The third kappa shape index (κ3) is 3.60. The third-order valence-corrected chi connectivity index (χ3v) is 4.54. The van der Waals surface area contributed by atoms with E-state index in [0.717, 1.165) is 17.5 Å². The molecule has 106 valence electrons. The average molecular weight is 358 g/mol. The van der Waals surface area contributed by atoms with Crippen molar-refractivity contribution in [1.82, 2.24) is 0 Å². The highest BCUT2D eigenvalue weighted by Crippen LogP contribution is 2.36. The maximum absolute atomic E-state index is 13.5. The lowest BCUT2D eigenvalue weighted by Crippen LogP contribution is -1.98. The van der Waals surface area contributed by atoms with Crippen LogP contribution in [0.25, 0.3) is 0 Å². The van der Waals surface area contributed by atoms with Crippen molar-refractivity contribution >= 4 is 27.5 Å². The standard InChI is InChI=1S/C16H15BrClFO/c1-20-10-9-11-5-7-12(8-6-11)15(17)13-3-2-4-14(19)16(13)18/h2-8,15H,9-10H2,1H3. The summed E-state index contributed by atoms with van der Waals surface area (Å²) in [4.78, 5) is -0.123. The van der Waals surface area contributed by atoms with Gasteiger partial charge in [-0.15, -0.1) is 0 Å². The highest BCUT2D eigenvalue weighted by molar-refractivity contribution is 9.09. The normalized spacial score (nSPS) is 12.4. The first-order valence-electron chi connectivity index (χ1n) is 6.29. The number of benzene rings is 2. The van der Waals surface area contributed by atoms with Crippen molar-refractivity contribution in [3.05, 3.63) is 70.0 Å². The van der Waals surface area contributed by atoms with Gasteiger partial charge in [0.2, 0.25) is 0 Å². The van der Waals surface area contributed by atoms with E-state index >= 15 is 0 Å². The highest BCUT2D eigenvalue weighted by atomic mass is 79.9. The van der Waals surface area contributed by atoms with E-state index in [2.05, 4.69) is 28.1 Å². The summed E-state index contributed by atoms with van der Waals surface area (Å²) in [6.07, 6.45) is 0.879. The van der Waals surface area contributed by atoms with Crippen molar-refractivity contribution < 1.29 is 9.13 Å². The molecule has 0 aliphatic rings. The van der Waals surface area contributed by atoms with Crippen LogP contribution < -0.4 is 0 Å². The minimum absolute atomic E-state index is 0.123. The van der Waals surface area contributed by atoms with Crippen LogP contribution in [0, 0.1) is 5.82 Å². The van der Waals surface area contributed by atoms with Crippen LogP contribution in [0.5, 0.6) is 0 Å². The first-order valence-corrected chi connectivity index (χ1v) is 7.58. The minimum Gasteiger partial charge on any atom is -0.384 e. The first-order chi connectivity index (χ1) is 9.63. The minimum atomic E-state index is -0.398. The summed E-state index contributed by atoms with van der Waals surface area (Å²) in [6, 6.07) is 13.0. The molecule has 0 saturated carbocycles. The molecule has 0 aliphatic heterocycles.